The van der Waals surface area contributed by atoms with Crippen LogP contribution in [0.1, 0.15) is 5.69 Å². The Hall–Kier alpha value is -3.15. The lowest BCUT2D eigenvalue weighted by atomic mass is 10.2. The van der Waals surface area contributed by atoms with Gasteiger partial charge in [0.05, 0.1) is 0 Å². The zero-order valence-electron chi connectivity index (χ0n) is 20.1. The summed E-state index contributed by atoms with van der Waals surface area (Å²) in [6, 6.07) is 41.3. The van der Waals surface area contributed by atoms with Gasteiger partial charge in [0.15, 0.2) is 0 Å². The highest BCUT2D eigenvalue weighted by Crippen LogP contribution is 2.58. The van der Waals surface area contributed by atoms with Crippen molar-refractivity contribution in [3.63, 3.8) is 0 Å². The van der Waals surface area contributed by atoms with E-state index in [9.17, 15) is 4.79 Å². The maximum Gasteiger partial charge on any atom is 0.294 e. The molecule has 2 aromatic heterocycles. The number of nitrogens with zero attached hydrogens (tertiary/aromatic N) is 3. The molecule has 0 amide bonds. The molecule has 0 bridgehead atoms. The van der Waals surface area contributed by atoms with E-state index >= 15 is 0 Å². The third-order valence-corrected chi connectivity index (χ3v) is 12.1. The molecule has 4 nitrogen and oxygen atoms in total. The Bertz CT molecular complexity index is 1630. The Labute approximate surface area is 240 Å². The molecular weight excluding hydrogens is 597 g/mol. The van der Waals surface area contributed by atoms with Crippen molar-refractivity contribution in [1.29, 1.82) is 0 Å². The molecule has 0 aliphatic carbocycles. The van der Waals surface area contributed by atoms with Crippen LogP contribution in [-0.2, 0) is 6.16 Å². The summed E-state index contributed by atoms with van der Waals surface area (Å²) in [4.78, 5) is 18.9. The fourth-order valence-electron chi connectivity index (χ4n) is 4.66. The van der Waals surface area contributed by atoms with Crippen LogP contribution in [0.15, 0.2) is 126 Å². The van der Waals surface area contributed by atoms with Crippen molar-refractivity contribution < 1.29 is 17.0 Å². The maximum atomic E-state index is 13.4. The molecule has 4 aromatic carbocycles. The number of aromatic nitrogens is 3. The summed E-state index contributed by atoms with van der Waals surface area (Å²) in [6.45, 7) is 0. The van der Waals surface area contributed by atoms with E-state index in [2.05, 4.69) is 77.9 Å². The SMILES string of the molecule is O=c1c(Cl)c(C[P+](c2ccccc2)(c2ccccc2)c2ccccc2)nc2sc(-c3ccccc3)nn12.[Br-]. The number of hydrogen-bond acceptors (Lipinski definition) is 4. The van der Waals surface area contributed by atoms with Gasteiger partial charge in [0.25, 0.3) is 5.56 Å². The highest BCUT2D eigenvalue weighted by Gasteiger charge is 2.46. The van der Waals surface area contributed by atoms with Crippen molar-refractivity contribution in [2.75, 3.05) is 0 Å². The van der Waals surface area contributed by atoms with Gasteiger partial charge in [0, 0.05) is 5.56 Å². The summed E-state index contributed by atoms with van der Waals surface area (Å²) in [5.74, 6) is 0. The van der Waals surface area contributed by atoms with E-state index in [1.807, 2.05) is 48.5 Å². The quantitative estimate of drug-likeness (QED) is 0.270. The van der Waals surface area contributed by atoms with Crippen LogP contribution in [0.3, 0.4) is 0 Å². The molecule has 8 heteroatoms. The standard InChI is InChI=1S/C30H22ClN3OPS.BrH/c31-27-26(32-30-34(29(27)35)33-28(37-30)22-13-5-1-6-14-22)21-36(23-15-7-2-8-16-23,24-17-9-3-10-18-24)25-19-11-4-12-20-25;/h1-20H,21H2;1H/q+1;/p-1. The van der Waals surface area contributed by atoms with Crippen molar-refractivity contribution in [3.8, 4) is 10.6 Å². The smallest absolute Gasteiger partial charge is 0.294 e. The normalized spacial score (nSPS) is 11.3. The summed E-state index contributed by atoms with van der Waals surface area (Å²) in [5, 5.41) is 9.01. The van der Waals surface area contributed by atoms with Gasteiger partial charge in [-0.2, -0.15) is 9.61 Å². The number of fused-ring (bicyclic) bond motifs is 1. The van der Waals surface area contributed by atoms with E-state index in [1.165, 1.54) is 31.8 Å². The second-order valence-electron chi connectivity index (χ2n) is 8.62. The Morgan fingerprint density at radius 1 is 0.711 bits per heavy atom. The molecule has 0 radical (unpaired) electrons. The Morgan fingerprint density at radius 2 is 1.16 bits per heavy atom. The first-order valence-electron chi connectivity index (χ1n) is 11.9. The third kappa shape index (κ3) is 4.74. The molecule has 2 heterocycles. The predicted molar refractivity (Wildman–Crippen MR) is 156 cm³/mol. The lowest BCUT2D eigenvalue weighted by molar-refractivity contribution is -0.00000716. The number of benzene rings is 4. The van der Waals surface area contributed by atoms with Crippen LogP contribution in [-0.4, -0.2) is 14.6 Å². The first-order valence-corrected chi connectivity index (χ1v) is 15.0. The van der Waals surface area contributed by atoms with Crippen molar-refractivity contribution in [2.24, 2.45) is 0 Å². The second kappa shape index (κ2) is 11.3. The van der Waals surface area contributed by atoms with Gasteiger partial charge in [-0.3, -0.25) is 4.79 Å². The molecule has 188 valence electrons. The summed E-state index contributed by atoms with van der Waals surface area (Å²) < 4.78 is 1.33. The molecule has 0 fully saturated rings. The zero-order valence-corrected chi connectivity index (χ0v) is 24.2. The fraction of sp³-hybridized carbons (Fsp3) is 0.0333. The van der Waals surface area contributed by atoms with Gasteiger partial charge in [0.2, 0.25) is 4.96 Å². The number of hydrogen-bond donors (Lipinski definition) is 0. The van der Waals surface area contributed by atoms with Crippen LogP contribution in [0.5, 0.6) is 0 Å². The molecule has 0 aliphatic heterocycles. The monoisotopic (exact) mass is 617 g/mol. The van der Waals surface area contributed by atoms with E-state index in [1.54, 1.807) is 0 Å². The molecule has 0 spiro atoms. The molecule has 0 atom stereocenters. The molecule has 0 aliphatic rings. The molecule has 6 rings (SSSR count). The van der Waals surface area contributed by atoms with Crippen molar-refractivity contribution >= 4 is 51.1 Å². The first-order chi connectivity index (χ1) is 18.2. The van der Waals surface area contributed by atoms with Crippen LogP contribution < -0.4 is 38.5 Å². The van der Waals surface area contributed by atoms with Gasteiger partial charge in [-0.05, 0) is 36.4 Å². The third-order valence-electron chi connectivity index (χ3n) is 6.42. The minimum absolute atomic E-state index is 0. The van der Waals surface area contributed by atoms with E-state index in [-0.39, 0.29) is 27.6 Å². The van der Waals surface area contributed by atoms with E-state index in [0.717, 1.165) is 10.6 Å². The second-order valence-corrected chi connectivity index (χ2v) is 13.4. The van der Waals surface area contributed by atoms with Gasteiger partial charge in [-0.1, -0.05) is 108 Å². The van der Waals surface area contributed by atoms with E-state index < -0.39 is 7.26 Å². The van der Waals surface area contributed by atoms with Crippen molar-refractivity contribution in [2.45, 2.75) is 6.16 Å². The molecule has 6 aromatic rings. The molecular formula is C30H22BrClN3OPS. The predicted octanol–water partition coefficient (Wildman–Crippen LogP) is 2.97. The lowest BCUT2D eigenvalue weighted by Crippen LogP contribution is -3.00. The van der Waals surface area contributed by atoms with Gasteiger partial charge >= 0.3 is 0 Å². The summed E-state index contributed by atoms with van der Waals surface area (Å²) in [6.07, 6.45) is 0.522. The van der Waals surface area contributed by atoms with Crippen LogP contribution >= 0.6 is 30.2 Å². The Kier molecular flexibility index (Phi) is 7.87. The van der Waals surface area contributed by atoms with Crippen LogP contribution in [0.2, 0.25) is 5.02 Å². The molecule has 0 N–H and O–H groups in total. The number of halogens is 2. The average Bonchev–Trinajstić information content (AvgIpc) is 3.40. The summed E-state index contributed by atoms with van der Waals surface area (Å²) >= 11 is 8.18. The first kappa shape index (κ1) is 26.5. The lowest BCUT2D eigenvalue weighted by Gasteiger charge is -2.27. The van der Waals surface area contributed by atoms with Crippen molar-refractivity contribution in [3.05, 3.63) is 142 Å². The maximum absolute atomic E-state index is 13.4. The van der Waals surface area contributed by atoms with Gasteiger partial charge in [0.1, 0.15) is 45.1 Å². The van der Waals surface area contributed by atoms with Gasteiger partial charge < -0.3 is 17.0 Å². The molecule has 0 unspecified atom stereocenters. The molecule has 0 saturated carbocycles. The minimum atomic E-state index is -2.26. The summed E-state index contributed by atoms with van der Waals surface area (Å²) in [7, 11) is -2.26. The zero-order chi connectivity index (χ0) is 25.2. The van der Waals surface area contributed by atoms with Crippen LogP contribution in [0.25, 0.3) is 15.5 Å². The average molecular weight is 619 g/mol. The highest BCUT2D eigenvalue weighted by atomic mass is 79.9. The largest absolute Gasteiger partial charge is 1.00 e. The fourth-order valence-corrected chi connectivity index (χ4v) is 10.0. The van der Waals surface area contributed by atoms with Gasteiger partial charge in [-0.25, -0.2) is 4.98 Å². The Morgan fingerprint density at radius 3 is 1.63 bits per heavy atom. The van der Waals surface area contributed by atoms with Crippen LogP contribution in [0, 0.1) is 0 Å². The molecule has 0 saturated heterocycles. The van der Waals surface area contributed by atoms with Gasteiger partial charge in [-0.15, -0.1) is 0 Å². The number of rotatable bonds is 6. The van der Waals surface area contributed by atoms with Crippen LogP contribution in [0.4, 0.5) is 0 Å². The minimum Gasteiger partial charge on any atom is -1.00 e. The highest BCUT2D eigenvalue weighted by molar-refractivity contribution is 7.95. The summed E-state index contributed by atoms with van der Waals surface area (Å²) in [5.41, 5.74) is 1.20. The Balaban J connectivity index is 0.00000294. The topological polar surface area (TPSA) is 47.3 Å². The van der Waals surface area contributed by atoms with Crippen molar-refractivity contribution in [1.82, 2.24) is 14.6 Å². The van der Waals surface area contributed by atoms with E-state index in [4.69, 9.17) is 16.6 Å². The molecule has 38 heavy (non-hydrogen) atoms. The van der Waals surface area contributed by atoms with E-state index in [0.29, 0.717) is 16.8 Å².